The fourth-order valence-corrected chi connectivity index (χ4v) is 3.09. The number of piperidine rings is 1. The Morgan fingerprint density at radius 1 is 1.20 bits per heavy atom. The molecule has 9 heteroatoms. The van der Waals surface area contributed by atoms with Crippen molar-refractivity contribution in [3.63, 3.8) is 0 Å². The number of aryl methyl sites for hydroxylation is 1. The summed E-state index contributed by atoms with van der Waals surface area (Å²) in [6.07, 6.45) is -3.87. The normalized spacial score (nSPS) is 16.2. The summed E-state index contributed by atoms with van der Waals surface area (Å²) in [6, 6.07) is 7.20. The molecule has 2 aromatic rings. The molecule has 0 aliphatic carbocycles. The van der Waals surface area contributed by atoms with Crippen molar-refractivity contribution in [3.05, 3.63) is 46.1 Å². The summed E-state index contributed by atoms with van der Waals surface area (Å²) in [5.41, 5.74) is 1.26. The van der Waals surface area contributed by atoms with Crippen LogP contribution in [0.4, 0.5) is 13.2 Å². The highest BCUT2D eigenvalue weighted by Crippen LogP contribution is 2.30. The molecule has 1 aliphatic rings. The van der Waals surface area contributed by atoms with Crippen LogP contribution < -0.4 is 5.69 Å². The van der Waals surface area contributed by atoms with Crippen LogP contribution in [0.2, 0.25) is 0 Å². The summed E-state index contributed by atoms with van der Waals surface area (Å²) in [7, 11) is 0. The van der Waals surface area contributed by atoms with Crippen LogP contribution >= 0.6 is 0 Å². The number of likely N-dealkylation sites (tertiary alicyclic amines) is 1. The van der Waals surface area contributed by atoms with Gasteiger partial charge in [-0.3, -0.25) is 9.78 Å². The molecule has 3 rings (SSSR count). The number of hydrogen-bond donors (Lipinski definition) is 1. The SMILES string of the molecule is Cc1nn(-c2ccc(C3CCN(C(=O)C(F)(F)F)CC3)cc2)c(=O)[nH]1. The molecule has 1 aromatic carbocycles. The Kier molecular flexibility index (Phi) is 4.40. The molecular weight excluding hydrogens is 337 g/mol. The van der Waals surface area contributed by atoms with Crippen LogP contribution in [0, 0.1) is 6.92 Å². The maximum atomic E-state index is 12.5. The molecule has 0 radical (unpaired) electrons. The summed E-state index contributed by atoms with van der Waals surface area (Å²) in [5.74, 6) is -1.17. The van der Waals surface area contributed by atoms with Gasteiger partial charge in [-0.25, -0.2) is 4.79 Å². The Morgan fingerprint density at radius 2 is 1.80 bits per heavy atom. The van der Waals surface area contributed by atoms with Crippen molar-refractivity contribution >= 4 is 5.91 Å². The summed E-state index contributed by atoms with van der Waals surface area (Å²) in [5, 5.41) is 4.07. The van der Waals surface area contributed by atoms with E-state index in [0.717, 1.165) is 10.5 Å². The second kappa shape index (κ2) is 6.38. The average molecular weight is 354 g/mol. The van der Waals surface area contributed by atoms with Crippen molar-refractivity contribution in [1.29, 1.82) is 0 Å². The molecular formula is C16H17F3N4O2. The highest BCUT2D eigenvalue weighted by atomic mass is 19.4. The van der Waals surface area contributed by atoms with E-state index in [0.29, 0.717) is 24.4 Å². The van der Waals surface area contributed by atoms with Crippen molar-refractivity contribution in [3.8, 4) is 5.69 Å². The monoisotopic (exact) mass is 354 g/mol. The Hall–Kier alpha value is -2.58. The van der Waals surface area contributed by atoms with Crippen LogP contribution in [0.1, 0.15) is 30.1 Å². The number of nitrogens with one attached hydrogen (secondary N) is 1. The number of nitrogens with zero attached hydrogens (tertiary/aromatic N) is 3. The molecule has 134 valence electrons. The van der Waals surface area contributed by atoms with Crippen LogP contribution in [-0.4, -0.2) is 44.8 Å². The molecule has 0 unspecified atom stereocenters. The van der Waals surface area contributed by atoms with E-state index in [4.69, 9.17) is 0 Å². The largest absolute Gasteiger partial charge is 0.471 e. The quantitative estimate of drug-likeness (QED) is 0.898. The third kappa shape index (κ3) is 3.59. The van der Waals surface area contributed by atoms with Crippen LogP contribution in [0.25, 0.3) is 5.69 Å². The summed E-state index contributed by atoms with van der Waals surface area (Å²) in [6.45, 7) is 1.86. The maximum Gasteiger partial charge on any atom is 0.471 e. The Bertz CT molecular complexity index is 815. The van der Waals surface area contributed by atoms with E-state index in [-0.39, 0.29) is 24.7 Å². The van der Waals surface area contributed by atoms with Crippen molar-refractivity contribution in [2.75, 3.05) is 13.1 Å². The first-order chi connectivity index (χ1) is 11.8. The predicted octanol–water partition coefficient (Wildman–Crippen LogP) is 2.14. The van der Waals surface area contributed by atoms with Crippen LogP contribution in [0.3, 0.4) is 0 Å². The number of alkyl halides is 3. The lowest BCUT2D eigenvalue weighted by molar-refractivity contribution is -0.186. The highest BCUT2D eigenvalue weighted by molar-refractivity contribution is 5.81. The van der Waals surface area contributed by atoms with Crippen LogP contribution in [-0.2, 0) is 4.79 Å². The van der Waals surface area contributed by atoms with Gasteiger partial charge in [-0.15, -0.1) is 0 Å². The lowest BCUT2D eigenvalue weighted by Crippen LogP contribution is -2.45. The number of aromatic nitrogens is 3. The van der Waals surface area contributed by atoms with Gasteiger partial charge in [0.25, 0.3) is 0 Å². The molecule has 1 aromatic heterocycles. The van der Waals surface area contributed by atoms with E-state index in [1.807, 2.05) is 12.1 Å². The van der Waals surface area contributed by atoms with Gasteiger partial charge in [0, 0.05) is 13.1 Å². The first-order valence-corrected chi connectivity index (χ1v) is 7.88. The molecule has 0 spiro atoms. The van der Waals surface area contributed by atoms with Gasteiger partial charge in [0.1, 0.15) is 5.82 Å². The van der Waals surface area contributed by atoms with E-state index in [9.17, 15) is 22.8 Å². The van der Waals surface area contributed by atoms with E-state index in [2.05, 4.69) is 10.1 Å². The fraction of sp³-hybridized carbons (Fsp3) is 0.438. The number of aromatic amines is 1. The average Bonchev–Trinajstić information content (AvgIpc) is 2.92. The minimum atomic E-state index is -4.82. The maximum absolute atomic E-state index is 12.5. The standard InChI is InChI=1S/C16H17F3N4O2/c1-10-20-15(25)23(21-10)13-4-2-11(3-5-13)12-6-8-22(9-7-12)14(24)16(17,18)19/h2-5,12H,6-9H2,1H3,(H,20,21,25). The van der Waals surface area contributed by atoms with Crippen molar-refractivity contribution in [2.24, 2.45) is 0 Å². The Morgan fingerprint density at radius 3 is 2.28 bits per heavy atom. The minimum Gasteiger partial charge on any atom is -0.335 e. The van der Waals surface area contributed by atoms with Gasteiger partial charge in [0.2, 0.25) is 0 Å². The molecule has 0 saturated carbocycles. The number of carbonyl (C=O) groups is 1. The zero-order valence-electron chi connectivity index (χ0n) is 13.5. The molecule has 1 amide bonds. The second-order valence-electron chi connectivity index (χ2n) is 6.08. The highest BCUT2D eigenvalue weighted by Gasteiger charge is 2.43. The first-order valence-electron chi connectivity index (χ1n) is 7.88. The topological polar surface area (TPSA) is 71.0 Å². The second-order valence-corrected chi connectivity index (χ2v) is 6.08. The smallest absolute Gasteiger partial charge is 0.335 e. The van der Waals surface area contributed by atoms with Crippen LogP contribution in [0.15, 0.2) is 29.1 Å². The molecule has 0 atom stereocenters. The van der Waals surface area contributed by atoms with E-state index >= 15 is 0 Å². The fourth-order valence-electron chi connectivity index (χ4n) is 3.09. The Labute approximate surface area is 141 Å². The van der Waals surface area contributed by atoms with Gasteiger partial charge in [-0.2, -0.15) is 23.0 Å². The number of hydrogen-bond acceptors (Lipinski definition) is 3. The Balaban J connectivity index is 1.67. The molecule has 1 aliphatic heterocycles. The number of carbonyl (C=O) groups excluding carboxylic acids is 1. The first kappa shape index (κ1) is 17.2. The van der Waals surface area contributed by atoms with Gasteiger partial charge >= 0.3 is 17.8 Å². The zero-order valence-corrected chi connectivity index (χ0v) is 13.5. The van der Waals surface area contributed by atoms with E-state index in [1.54, 1.807) is 19.1 Å². The third-order valence-corrected chi connectivity index (χ3v) is 4.36. The number of H-pyrrole nitrogens is 1. The minimum absolute atomic E-state index is 0.0861. The van der Waals surface area contributed by atoms with Crippen molar-refractivity contribution < 1.29 is 18.0 Å². The van der Waals surface area contributed by atoms with Gasteiger partial charge in [-0.1, -0.05) is 12.1 Å². The number of halogens is 3. The molecule has 1 fully saturated rings. The van der Waals surface area contributed by atoms with Gasteiger partial charge in [-0.05, 0) is 43.4 Å². The predicted molar refractivity (Wildman–Crippen MR) is 83.5 cm³/mol. The van der Waals surface area contributed by atoms with Crippen LogP contribution in [0.5, 0.6) is 0 Å². The van der Waals surface area contributed by atoms with E-state index in [1.165, 1.54) is 4.68 Å². The lowest BCUT2D eigenvalue weighted by Gasteiger charge is -2.32. The van der Waals surface area contributed by atoms with Gasteiger partial charge in [0.05, 0.1) is 5.69 Å². The zero-order chi connectivity index (χ0) is 18.2. The molecule has 6 nitrogen and oxygen atoms in total. The summed E-state index contributed by atoms with van der Waals surface area (Å²) < 4.78 is 38.7. The number of rotatable bonds is 2. The van der Waals surface area contributed by atoms with Gasteiger partial charge < -0.3 is 4.90 Å². The molecule has 0 bridgehead atoms. The number of benzene rings is 1. The van der Waals surface area contributed by atoms with Gasteiger partial charge in [0.15, 0.2) is 0 Å². The van der Waals surface area contributed by atoms with E-state index < -0.39 is 12.1 Å². The molecule has 1 saturated heterocycles. The summed E-state index contributed by atoms with van der Waals surface area (Å²) in [4.78, 5) is 26.4. The molecule has 1 N–H and O–H groups in total. The lowest BCUT2D eigenvalue weighted by atomic mass is 9.89. The molecule has 25 heavy (non-hydrogen) atoms. The molecule has 2 heterocycles. The number of amides is 1. The van der Waals surface area contributed by atoms with Crippen molar-refractivity contribution in [2.45, 2.75) is 31.9 Å². The summed E-state index contributed by atoms with van der Waals surface area (Å²) >= 11 is 0. The van der Waals surface area contributed by atoms with Crippen molar-refractivity contribution in [1.82, 2.24) is 19.7 Å². The third-order valence-electron chi connectivity index (χ3n) is 4.36.